The number of urea groups is 1. The summed E-state index contributed by atoms with van der Waals surface area (Å²) in [6.07, 6.45) is 1.31. The van der Waals surface area contributed by atoms with Crippen LogP contribution in [0, 0.1) is 11.7 Å². The molecular formula is C29H28FN3O4. The zero-order valence-electron chi connectivity index (χ0n) is 20.7. The van der Waals surface area contributed by atoms with Gasteiger partial charge >= 0.3 is 6.03 Å². The molecule has 0 unspecified atom stereocenters. The Kier molecular flexibility index (Phi) is 7.47. The van der Waals surface area contributed by atoms with E-state index < -0.39 is 35.6 Å². The average molecular weight is 502 g/mol. The summed E-state index contributed by atoms with van der Waals surface area (Å²) in [6.45, 7) is 3.16. The standard InChI is InChI=1S/C29H28FN3O4/c1-3-19(4-2)26(35)31-22-15-16-23(24(30)17-22)25(34)18-33-27(36)29(32-28(33)37,20-11-7-5-8-12-20)21-13-9-6-10-14-21/h5-17,19H,3-4,18H2,1-2H3,(H,31,35)(H,32,37). The smallest absolute Gasteiger partial charge is 0.325 e. The summed E-state index contributed by atoms with van der Waals surface area (Å²) in [5.74, 6) is -2.63. The molecule has 0 aliphatic carbocycles. The van der Waals surface area contributed by atoms with Crippen LogP contribution in [0.1, 0.15) is 48.2 Å². The van der Waals surface area contributed by atoms with Gasteiger partial charge in [0.2, 0.25) is 5.91 Å². The summed E-state index contributed by atoms with van der Waals surface area (Å²) in [5.41, 5.74) is -0.482. The van der Waals surface area contributed by atoms with E-state index >= 15 is 0 Å². The number of carbonyl (C=O) groups excluding carboxylic acids is 4. The number of nitrogens with one attached hydrogen (secondary N) is 2. The number of halogens is 1. The van der Waals surface area contributed by atoms with Crippen LogP contribution in [0.25, 0.3) is 0 Å². The maximum atomic E-state index is 14.9. The molecule has 4 rings (SSSR count). The quantitative estimate of drug-likeness (QED) is 0.323. The van der Waals surface area contributed by atoms with E-state index in [0.717, 1.165) is 11.0 Å². The van der Waals surface area contributed by atoms with Gasteiger partial charge in [0.25, 0.3) is 5.91 Å². The van der Waals surface area contributed by atoms with Crippen molar-refractivity contribution in [2.45, 2.75) is 32.2 Å². The van der Waals surface area contributed by atoms with Gasteiger partial charge in [0.05, 0.1) is 12.1 Å². The van der Waals surface area contributed by atoms with E-state index in [0.29, 0.717) is 24.0 Å². The molecule has 3 aromatic carbocycles. The lowest BCUT2D eigenvalue weighted by molar-refractivity contribution is -0.130. The number of nitrogens with zero attached hydrogens (tertiary/aromatic N) is 1. The topological polar surface area (TPSA) is 95.6 Å². The summed E-state index contributed by atoms with van der Waals surface area (Å²) in [4.78, 5) is 52.9. The lowest BCUT2D eigenvalue weighted by Gasteiger charge is -2.28. The highest BCUT2D eigenvalue weighted by Gasteiger charge is 2.54. The van der Waals surface area contributed by atoms with Crippen LogP contribution < -0.4 is 10.6 Å². The molecule has 1 heterocycles. The number of carbonyl (C=O) groups is 4. The van der Waals surface area contributed by atoms with Gasteiger partial charge in [-0.2, -0.15) is 0 Å². The monoisotopic (exact) mass is 501 g/mol. The Hall–Kier alpha value is -4.33. The van der Waals surface area contributed by atoms with Crippen molar-refractivity contribution in [3.8, 4) is 0 Å². The number of rotatable bonds is 9. The minimum Gasteiger partial charge on any atom is -0.326 e. The van der Waals surface area contributed by atoms with Gasteiger partial charge < -0.3 is 10.6 Å². The molecule has 4 amide bonds. The van der Waals surface area contributed by atoms with E-state index in [9.17, 15) is 23.6 Å². The first-order chi connectivity index (χ1) is 17.8. The van der Waals surface area contributed by atoms with Crippen LogP contribution in [0.3, 0.4) is 0 Å². The van der Waals surface area contributed by atoms with Crippen LogP contribution in [0.4, 0.5) is 14.9 Å². The molecule has 37 heavy (non-hydrogen) atoms. The Bertz CT molecular complexity index is 1280. The van der Waals surface area contributed by atoms with Gasteiger partial charge in [-0.05, 0) is 42.2 Å². The van der Waals surface area contributed by atoms with Gasteiger partial charge in [0.1, 0.15) is 5.82 Å². The number of anilines is 1. The third kappa shape index (κ3) is 4.87. The van der Waals surface area contributed by atoms with E-state index in [1.165, 1.54) is 12.1 Å². The van der Waals surface area contributed by atoms with Gasteiger partial charge in [0, 0.05) is 11.6 Å². The summed E-state index contributed by atoms with van der Waals surface area (Å²) in [7, 11) is 0. The Morgan fingerprint density at radius 3 is 2.00 bits per heavy atom. The third-order valence-corrected chi connectivity index (χ3v) is 6.71. The van der Waals surface area contributed by atoms with Crippen LogP contribution in [0.15, 0.2) is 78.9 Å². The van der Waals surface area contributed by atoms with Crippen LogP contribution in [0.2, 0.25) is 0 Å². The van der Waals surface area contributed by atoms with Crippen molar-refractivity contribution < 1.29 is 23.6 Å². The van der Waals surface area contributed by atoms with E-state index in [2.05, 4.69) is 10.6 Å². The number of benzene rings is 3. The normalized spacial score (nSPS) is 14.5. The van der Waals surface area contributed by atoms with Crippen molar-refractivity contribution in [3.05, 3.63) is 101 Å². The fourth-order valence-electron chi connectivity index (χ4n) is 4.61. The molecule has 8 heteroatoms. The van der Waals surface area contributed by atoms with Gasteiger partial charge in [-0.15, -0.1) is 0 Å². The first kappa shape index (κ1) is 25.8. The Morgan fingerprint density at radius 1 is 0.919 bits per heavy atom. The first-order valence-corrected chi connectivity index (χ1v) is 12.2. The SMILES string of the molecule is CCC(CC)C(=O)Nc1ccc(C(=O)CN2C(=O)NC(c3ccccc3)(c3ccccc3)C2=O)c(F)c1. The molecule has 0 atom stereocenters. The predicted molar refractivity (Wildman–Crippen MR) is 137 cm³/mol. The Morgan fingerprint density at radius 2 is 1.49 bits per heavy atom. The van der Waals surface area contributed by atoms with Gasteiger partial charge in [-0.3, -0.25) is 19.3 Å². The summed E-state index contributed by atoms with van der Waals surface area (Å²) < 4.78 is 14.9. The van der Waals surface area contributed by atoms with Crippen LogP contribution in [0.5, 0.6) is 0 Å². The zero-order valence-corrected chi connectivity index (χ0v) is 20.7. The highest BCUT2D eigenvalue weighted by Crippen LogP contribution is 2.36. The van der Waals surface area contributed by atoms with Crippen LogP contribution >= 0.6 is 0 Å². The zero-order chi connectivity index (χ0) is 26.6. The molecule has 0 bridgehead atoms. The number of Topliss-reactive ketones (excluding diaryl/α,β-unsaturated/α-hetero) is 1. The molecule has 190 valence electrons. The maximum absolute atomic E-state index is 14.9. The minimum absolute atomic E-state index is 0.196. The first-order valence-electron chi connectivity index (χ1n) is 12.2. The number of hydrogen-bond acceptors (Lipinski definition) is 4. The maximum Gasteiger partial charge on any atom is 0.325 e. The molecule has 7 nitrogen and oxygen atoms in total. The minimum atomic E-state index is -1.51. The molecular weight excluding hydrogens is 473 g/mol. The number of imide groups is 1. The highest BCUT2D eigenvalue weighted by molar-refractivity contribution is 6.13. The molecule has 0 aromatic heterocycles. The lowest BCUT2D eigenvalue weighted by atomic mass is 9.82. The number of ketones is 1. The van der Waals surface area contributed by atoms with Crippen molar-refractivity contribution in [2.24, 2.45) is 5.92 Å². The van der Waals surface area contributed by atoms with Crippen molar-refractivity contribution >= 4 is 29.3 Å². The van der Waals surface area contributed by atoms with E-state index in [4.69, 9.17) is 0 Å². The molecule has 3 aromatic rings. The molecule has 1 saturated heterocycles. The molecule has 0 spiro atoms. The second kappa shape index (κ2) is 10.7. The second-order valence-electron chi connectivity index (χ2n) is 8.92. The van der Waals surface area contributed by atoms with Crippen LogP contribution in [-0.4, -0.2) is 35.1 Å². The Balaban J connectivity index is 1.58. The molecule has 1 aliphatic rings. The second-order valence-corrected chi connectivity index (χ2v) is 8.92. The molecule has 2 N–H and O–H groups in total. The van der Waals surface area contributed by atoms with Gasteiger partial charge in [-0.25, -0.2) is 9.18 Å². The summed E-state index contributed by atoms with van der Waals surface area (Å²) in [5, 5.41) is 5.43. The van der Waals surface area contributed by atoms with Crippen LogP contribution in [-0.2, 0) is 15.1 Å². The van der Waals surface area contributed by atoms with Crippen molar-refractivity contribution in [2.75, 3.05) is 11.9 Å². The van der Waals surface area contributed by atoms with Crippen molar-refractivity contribution in [1.82, 2.24) is 10.2 Å². The van der Waals surface area contributed by atoms with E-state index in [1.54, 1.807) is 60.7 Å². The van der Waals surface area contributed by atoms with Crippen molar-refractivity contribution in [1.29, 1.82) is 0 Å². The summed E-state index contributed by atoms with van der Waals surface area (Å²) >= 11 is 0. The number of amides is 4. The molecule has 1 fully saturated rings. The Labute approximate surface area is 214 Å². The van der Waals surface area contributed by atoms with E-state index in [-0.39, 0.29) is 23.1 Å². The number of hydrogen-bond donors (Lipinski definition) is 2. The molecule has 0 radical (unpaired) electrons. The molecule has 1 aliphatic heterocycles. The fourth-order valence-corrected chi connectivity index (χ4v) is 4.61. The average Bonchev–Trinajstić information content (AvgIpc) is 3.16. The van der Waals surface area contributed by atoms with Gasteiger partial charge in [-0.1, -0.05) is 74.5 Å². The molecule has 0 saturated carbocycles. The largest absolute Gasteiger partial charge is 0.326 e. The fraction of sp³-hybridized carbons (Fsp3) is 0.241. The summed E-state index contributed by atoms with van der Waals surface area (Å²) in [6, 6.07) is 20.5. The highest BCUT2D eigenvalue weighted by atomic mass is 19.1. The van der Waals surface area contributed by atoms with Crippen molar-refractivity contribution in [3.63, 3.8) is 0 Å². The van der Waals surface area contributed by atoms with Gasteiger partial charge in [0.15, 0.2) is 11.3 Å². The third-order valence-electron chi connectivity index (χ3n) is 6.71. The van der Waals surface area contributed by atoms with E-state index in [1.807, 2.05) is 13.8 Å². The predicted octanol–water partition coefficient (Wildman–Crippen LogP) is 4.88. The lowest BCUT2D eigenvalue weighted by Crippen LogP contribution is -2.45.